The Kier molecular flexibility index (Phi) is 4.42. The third-order valence-corrected chi connectivity index (χ3v) is 3.20. The van der Waals surface area contributed by atoms with E-state index in [9.17, 15) is 4.79 Å². The van der Waals surface area contributed by atoms with Crippen LogP contribution in [0.4, 0.5) is 0 Å². The second kappa shape index (κ2) is 5.37. The quantitative estimate of drug-likeness (QED) is 0.833. The van der Waals surface area contributed by atoms with Gasteiger partial charge < -0.3 is 5.32 Å². The molecular formula is C11H18N2OS. The number of nitrogens with one attached hydrogen (secondary N) is 1. The van der Waals surface area contributed by atoms with Crippen LogP contribution in [0, 0.1) is 13.8 Å². The molecule has 0 aliphatic carbocycles. The molecule has 0 saturated heterocycles. The van der Waals surface area contributed by atoms with Crippen molar-refractivity contribution in [2.24, 2.45) is 0 Å². The maximum Gasteiger partial charge on any atom is 0.153 e. The molecule has 1 N–H and O–H groups in total. The number of nitrogens with zero attached hydrogens (tertiary/aromatic N) is 1. The van der Waals surface area contributed by atoms with Crippen LogP contribution in [0.2, 0.25) is 0 Å². The van der Waals surface area contributed by atoms with Gasteiger partial charge in [0.05, 0.1) is 18.7 Å². The Morgan fingerprint density at radius 2 is 2.13 bits per heavy atom. The first-order chi connectivity index (χ1) is 6.99. The Hall–Kier alpha value is -0.740. The predicted molar refractivity (Wildman–Crippen MR) is 63.4 cm³/mol. The Bertz CT molecular complexity index is 325. The van der Waals surface area contributed by atoms with E-state index in [1.165, 1.54) is 4.88 Å². The van der Waals surface area contributed by atoms with E-state index in [0.29, 0.717) is 19.0 Å². The second-order valence-electron chi connectivity index (χ2n) is 4.00. The van der Waals surface area contributed by atoms with Gasteiger partial charge >= 0.3 is 0 Å². The average Bonchev–Trinajstić information content (AvgIpc) is 2.42. The van der Waals surface area contributed by atoms with E-state index in [-0.39, 0.29) is 5.78 Å². The standard InChI is InChI=1S/C11H18N2OS/c1-7(2)12-6-10(14)5-11-13-8(3)9(4)15-11/h7,12H,5-6H2,1-4H3. The van der Waals surface area contributed by atoms with Gasteiger partial charge in [-0.1, -0.05) is 13.8 Å². The minimum Gasteiger partial charge on any atom is -0.308 e. The third-order valence-electron chi connectivity index (χ3n) is 2.13. The molecule has 0 aliphatic heterocycles. The van der Waals surface area contributed by atoms with Gasteiger partial charge in [0.15, 0.2) is 5.78 Å². The topological polar surface area (TPSA) is 42.0 Å². The van der Waals surface area contributed by atoms with Gasteiger partial charge in [0.2, 0.25) is 0 Å². The lowest BCUT2D eigenvalue weighted by Gasteiger charge is -2.05. The zero-order valence-electron chi connectivity index (χ0n) is 9.76. The largest absolute Gasteiger partial charge is 0.308 e. The van der Waals surface area contributed by atoms with Crippen LogP contribution in [0.5, 0.6) is 0 Å². The fourth-order valence-corrected chi connectivity index (χ4v) is 2.13. The van der Waals surface area contributed by atoms with Crippen molar-refractivity contribution in [3.05, 3.63) is 15.6 Å². The highest BCUT2D eigenvalue weighted by Gasteiger charge is 2.09. The van der Waals surface area contributed by atoms with E-state index in [0.717, 1.165) is 10.7 Å². The first kappa shape index (κ1) is 12.3. The zero-order chi connectivity index (χ0) is 11.4. The van der Waals surface area contributed by atoms with Crippen LogP contribution in [0.3, 0.4) is 0 Å². The van der Waals surface area contributed by atoms with Crippen molar-refractivity contribution in [1.82, 2.24) is 10.3 Å². The summed E-state index contributed by atoms with van der Waals surface area (Å²) in [6, 6.07) is 0.355. The molecule has 0 bridgehead atoms. The van der Waals surface area contributed by atoms with E-state index < -0.39 is 0 Å². The van der Waals surface area contributed by atoms with Crippen molar-refractivity contribution < 1.29 is 4.79 Å². The summed E-state index contributed by atoms with van der Waals surface area (Å²) in [6.45, 7) is 8.52. The Labute approximate surface area is 94.9 Å². The second-order valence-corrected chi connectivity index (χ2v) is 5.29. The van der Waals surface area contributed by atoms with Crippen molar-refractivity contribution in [2.45, 2.75) is 40.2 Å². The molecular weight excluding hydrogens is 208 g/mol. The Morgan fingerprint density at radius 3 is 2.60 bits per heavy atom. The number of hydrogen-bond acceptors (Lipinski definition) is 4. The molecule has 0 amide bonds. The molecule has 0 saturated carbocycles. The number of aromatic nitrogens is 1. The maximum atomic E-state index is 11.5. The molecule has 0 unspecified atom stereocenters. The molecule has 15 heavy (non-hydrogen) atoms. The molecule has 3 nitrogen and oxygen atoms in total. The zero-order valence-corrected chi connectivity index (χ0v) is 10.6. The van der Waals surface area contributed by atoms with Gasteiger partial charge in [0.1, 0.15) is 5.01 Å². The first-order valence-corrected chi connectivity index (χ1v) is 5.98. The minimum atomic E-state index is 0.206. The molecule has 0 radical (unpaired) electrons. The van der Waals surface area contributed by atoms with Crippen LogP contribution in [0.1, 0.15) is 29.4 Å². The van der Waals surface area contributed by atoms with Crippen LogP contribution in [-0.2, 0) is 11.2 Å². The van der Waals surface area contributed by atoms with Crippen LogP contribution in [0.15, 0.2) is 0 Å². The number of rotatable bonds is 5. The monoisotopic (exact) mass is 226 g/mol. The molecule has 1 aromatic rings. The molecule has 1 rings (SSSR count). The van der Waals surface area contributed by atoms with Gasteiger partial charge in [0, 0.05) is 10.9 Å². The summed E-state index contributed by atoms with van der Waals surface area (Å²) in [5.74, 6) is 0.206. The number of aryl methyl sites for hydroxylation is 2. The van der Waals surface area contributed by atoms with Gasteiger partial charge in [-0.3, -0.25) is 4.79 Å². The fraction of sp³-hybridized carbons (Fsp3) is 0.636. The van der Waals surface area contributed by atoms with E-state index in [1.54, 1.807) is 11.3 Å². The van der Waals surface area contributed by atoms with E-state index in [1.807, 2.05) is 27.7 Å². The van der Waals surface area contributed by atoms with E-state index >= 15 is 0 Å². The molecule has 0 aliphatic rings. The van der Waals surface area contributed by atoms with Crippen molar-refractivity contribution >= 4 is 17.1 Å². The lowest BCUT2D eigenvalue weighted by Crippen LogP contribution is -2.29. The summed E-state index contributed by atoms with van der Waals surface area (Å²) >= 11 is 1.62. The Balaban J connectivity index is 2.44. The van der Waals surface area contributed by atoms with E-state index in [4.69, 9.17) is 0 Å². The number of carbonyl (C=O) groups is 1. The molecule has 1 heterocycles. The highest BCUT2D eigenvalue weighted by molar-refractivity contribution is 7.11. The maximum absolute atomic E-state index is 11.5. The van der Waals surface area contributed by atoms with Gasteiger partial charge in [-0.15, -0.1) is 11.3 Å². The average molecular weight is 226 g/mol. The number of thiazole rings is 1. The predicted octanol–water partition coefficient (Wildman–Crippen LogP) is 1.87. The molecule has 0 atom stereocenters. The molecule has 4 heteroatoms. The first-order valence-electron chi connectivity index (χ1n) is 5.17. The molecule has 0 aromatic carbocycles. The molecule has 84 valence electrons. The highest BCUT2D eigenvalue weighted by Crippen LogP contribution is 2.16. The van der Waals surface area contributed by atoms with Crippen molar-refractivity contribution in [3.63, 3.8) is 0 Å². The van der Waals surface area contributed by atoms with Gasteiger partial charge in [0.25, 0.3) is 0 Å². The fourth-order valence-electron chi connectivity index (χ4n) is 1.16. The molecule has 0 spiro atoms. The lowest BCUT2D eigenvalue weighted by atomic mass is 10.2. The Morgan fingerprint density at radius 1 is 1.47 bits per heavy atom. The van der Waals surface area contributed by atoms with Crippen LogP contribution in [-0.4, -0.2) is 23.4 Å². The van der Waals surface area contributed by atoms with Gasteiger partial charge in [-0.2, -0.15) is 0 Å². The number of Topliss-reactive ketones (excluding diaryl/α,β-unsaturated/α-hetero) is 1. The van der Waals surface area contributed by atoms with Crippen LogP contribution in [0.25, 0.3) is 0 Å². The third kappa shape index (κ3) is 4.10. The minimum absolute atomic E-state index is 0.206. The SMILES string of the molecule is Cc1nc(CC(=O)CNC(C)C)sc1C. The summed E-state index contributed by atoms with van der Waals surface area (Å²) in [5.41, 5.74) is 1.04. The summed E-state index contributed by atoms with van der Waals surface area (Å²) in [4.78, 5) is 17.1. The number of ketones is 1. The smallest absolute Gasteiger partial charge is 0.153 e. The summed E-state index contributed by atoms with van der Waals surface area (Å²) < 4.78 is 0. The molecule has 1 aromatic heterocycles. The molecule has 0 fully saturated rings. The summed E-state index contributed by atoms with van der Waals surface area (Å²) in [5, 5.41) is 4.05. The van der Waals surface area contributed by atoms with Crippen LogP contribution >= 0.6 is 11.3 Å². The van der Waals surface area contributed by atoms with Crippen molar-refractivity contribution in [1.29, 1.82) is 0 Å². The number of carbonyl (C=O) groups excluding carboxylic acids is 1. The van der Waals surface area contributed by atoms with Crippen molar-refractivity contribution in [3.8, 4) is 0 Å². The van der Waals surface area contributed by atoms with Crippen LogP contribution < -0.4 is 5.32 Å². The van der Waals surface area contributed by atoms with Gasteiger partial charge in [-0.25, -0.2) is 4.98 Å². The summed E-state index contributed by atoms with van der Waals surface area (Å²) in [7, 11) is 0. The van der Waals surface area contributed by atoms with Crippen molar-refractivity contribution in [2.75, 3.05) is 6.54 Å². The highest BCUT2D eigenvalue weighted by atomic mass is 32.1. The normalized spacial score (nSPS) is 11.0. The van der Waals surface area contributed by atoms with Gasteiger partial charge in [-0.05, 0) is 13.8 Å². The number of hydrogen-bond donors (Lipinski definition) is 1. The summed E-state index contributed by atoms with van der Waals surface area (Å²) in [6.07, 6.45) is 0.457. The lowest BCUT2D eigenvalue weighted by molar-refractivity contribution is -0.117. The van der Waals surface area contributed by atoms with E-state index in [2.05, 4.69) is 10.3 Å².